The van der Waals surface area contributed by atoms with Gasteiger partial charge in [0, 0.05) is 0 Å². The second kappa shape index (κ2) is 4.27. The third-order valence-corrected chi connectivity index (χ3v) is 2.87. The molecule has 1 aromatic rings. The van der Waals surface area contributed by atoms with Crippen LogP contribution in [0.5, 0.6) is 0 Å². The number of ether oxygens (including phenoxy) is 1. The maximum absolute atomic E-state index is 12.5. The number of fused-ring (bicyclic) bond motifs is 1. The van der Waals surface area contributed by atoms with Crippen LogP contribution in [-0.2, 0) is 10.9 Å². The Hall–Kier alpha value is -1.14. The zero-order valence-corrected chi connectivity index (χ0v) is 9.51. The minimum atomic E-state index is -4.42. The summed E-state index contributed by atoms with van der Waals surface area (Å²) in [5.41, 5.74) is 0.271. The first-order chi connectivity index (χ1) is 7.93. The maximum Gasteiger partial charge on any atom is 0.433 e. The monoisotopic (exact) mass is 246 g/mol. The van der Waals surface area contributed by atoms with Crippen LogP contribution in [0.2, 0.25) is 0 Å². The van der Waals surface area contributed by atoms with Crippen LogP contribution >= 0.6 is 0 Å². The predicted molar refractivity (Wildman–Crippen MR) is 55.4 cm³/mol. The second-order valence-electron chi connectivity index (χ2n) is 3.99. The van der Waals surface area contributed by atoms with Crippen molar-refractivity contribution in [1.29, 1.82) is 0 Å². The number of nitrogens with one attached hydrogen (secondary N) is 1. The lowest BCUT2D eigenvalue weighted by Gasteiger charge is -2.29. The molecule has 17 heavy (non-hydrogen) atoms. The molecular weight excluding hydrogens is 233 g/mol. The number of nitrogens with zero attached hydrogens (tertiary/aromatic N) is 1. The van der Waals surface area contributed by atoms with E-state index in [0.29, 0.717) is 12.3 Å². The third kappa shape index (κ3) is 2.28. The zero-order valence-electron chi connectivity index (χ0n) is 9.51. The van der Waals surface area contributed by atoms with E-state index in [4.69, 9.17) is 4.74 Å². The predicted octanol–water partition coefficient (Wildman–Crippen LogP) is 2.45. The zero-order chi connectivity index (χ0) is 12.6. The first-order valence-corrected chi connectivity index (χ1v) is 5.30. The van der Waals surface area contributed by atoms with E-state index in [-0.39, 0.29) is 6.04 Å². The molecule has 1 aliphatic heterocycles. The maximum atomic E-state index is 12.5. The Labute approximate surface area is 97.0 Å². The van der Waals surface area contributed by atoms with Gasteiger partial charge in [0.05, 0.1) is 24.4 Å². The molecule has 1 aromatic heterocycles. The standard InChI is InChI=1S/C11H13F3N2O/c1-6-10-7(8(15-2)5-17-6)3-4-9(16-10)11(12,13)14/h3-4,6,8,15H,5H2,1-2H3. The molecule has 2 unspecified atom stereocenters. The minimum Gasteiger partial charge on any atom is -0.370 e. The molecule has 3 nitrogen and oxygen atoms in total. The number of rotatable bonds is 1. The molecular formula is C11H13F3N2O. The van der Waals surface area contributed by atoms with Crippen LogP contribution < -0.4 is 5.32 Å². The van der Waals surface area contributed by atoms with Crippen molar-refractivity contribution < 1.29 is 17.9 Å². The van der Waals surface area contributed by atoms with Crippen molar-refractivity contribution in [1.82, 2.24) is 10.3 Å². The van der Waals surface area contributed by atoms with Gasteiger partial charge in [0.15, 0.2) is 0 Å². The van der Waals surface area contributed by atoms with Gasteiger partial charge in [0.25, 0.3) is 0 Å². The van der Waals surface area contributed by atoms with Gasteiger partial charge in [-0.25, -0.2) is 4.98 Å². The molecule has 0 spiro atoms. The van der Waals surface area contributed by atoms with E-state index in [0.717, 1.165) is 11.6 Å². The molecule has 0 amide bonds. The quantitative estimate of drug-likeness (QED) is 0.826. The van der Waals surface area contributed by atoms with E-state index in [1.165, 1.54) is 6.07 Å². The number of pyridine rings is 1. The fourth-order valence-electron chi connectivity index (χ4n) is 1.91. The van der Waals surface area contributed by atoms with Crippen LogP contribution in [0.15, 0.2) is 12.1 Å². The van der Waals surface area contributed by atoms with Crippen LogP contribution in [0.25, 0.3) is 0 Å². The van der Waals surface area contributed by atoms with Crippen molar-refractivity contribution in [3.63, 3.8) is 0 Å². The molecule has 2 rings (SSSR count). The highest BCUT2D eigenvalue weighted by atomic mass is 19.4. The number of likely N-dealkylation sites (N-methyl/N-ethyl adjacent to an activating group) is 1. The summed E-state index contributed by atoms with van der Waals surface area (Å²) in [4.78, 5) is 3.67. The highest BCUT2D eigenvalue weighted by Gasteiger charge is 2.35. The van der Waals surface area contributed by atoms with Crippen molar-refractivity contribution in [2.45, 2.75) is 25.2 Å². The summed E-state index contributed by atoms with van der Waals surface area (Å²) in [6, 6.07) is 2.39. The number of aromatic nitrogens is 1. The number of hydrogen-bond donors (Lipinski definition) is 1. The smallest absolute Gasteiger partial charge is 0.370 e. The topological polar surface area (TPSA) is 34.1 Å². The van der Waals surface area contributed by atoms with E-state index in [1.54, 1.807) is 14.0 Å². The molecule has 94 valence electrons. The van der Waals surface area contributed by atoms with Crippen molar-refractivity contribution in [3.8, 4) is 0 Å². The van der Waals surface area contributed by atoms with Gasteiger partial charge in [-0.3, -0.25) is 0 Å². The molecule has 1 N–H and O–H groups in total. The lowest BCUT2D eigenvalue weighted by atomic mass is 9.99. The average molecular weight is 246 g/mol. The summed E-state index contributed by atoms with van der Waals surface area (Å²) in [5.74, 6) is 0. The van der Waals surface area contributed by atoms with Crippen LogP contribution in [0.3, 0.4) is 0 Å². The molecule has 2 heterocycles. The Balaban J connectivity index is 2.46. The highest BCUT2D eigenvalue weighted by molar-refractivity contribution is 5.30. The van der Waals surface area contributed by atoms with E-state index >= 15 is 0 Å². The Morgan fingerprint density at radius 1 is 1.41 bits per heavy atom. The summed E-state index contributed by atoms with van der Waals surface area (Å²) in [6.45, 7) is 2.15. The Morgan fingerprint density at radius 2 is 2.12 bits per heavy atom. The van der Waals surface area contributed by atoms with Crippen LogP contribution in [-0.4, -0.2) is 18.6 Å². The first-order valence-electron chi connectivity index (χ1n) is 5.30. The SMILES string of the molecule is CNC1COC(C)c2nc(C(F)(F)F)ccc21. The van der Waals surface area contributed by atoms with Crippen molar-refractivity contribution >= 4 is 0 Å². The van der Waals surface area contributed by atoms with Gasteiger partial charge in [0.1, 0.15) is 5.69 Å². The number of halogens is 3. The van der Waals surface area contributed by atoms with E-state index in [1.807, 2.05) is 0 Å². The van der Waals surface area contributed by atoms with E-state index < -0.39 is 18.0 Å². The molecule has 0 radical (unpaired) electrons. The average Bonchev–Trinajstić information content (AvgIpc) is 2.28. The summed E-state index contributed by atoms with van der Waals surface area (Å²) < 4.78 is 43.0. The second-order valence-corrected chi connectivity index (χ2v) is 3.99. The Kier molecular flexibility index (Phi) is 3.09. The summed E-state index contributed by atoms with van der Waals surface area (Å²) in [5, 5.41) is 2.99. The molecule has 0 saturated heterocycles. The fraction of sp³-hybridized carbons (Fsp3) is 0.545. The third-order valence-electron chi connectivity index (χ3n) is 2.87. The molecule has 2 atom stereocenters. The van der Waals surface area contributed by atoms with E-state index in [2.05, 4.69) is 10.3 Å². The van der Waals surface area contributed by atoms with Gasteiger partial charge in [-0.05, 0) is 25.6 Å². The lowest BCUT2D eigenvalue weighted by molar-refractivity contribution is -0.141. The molecule has 0 aromatic carbocycles. The van der Waals surface area contributed by atoms with Crippen LogP contribution in [0, 0.1) is 0 Å². The summed E-state index contributed by atoms with van der Waals surface area (Å²) in [6.07, 6.45) is -4.82. The summed E-state index contributed by atoms with van der Waals surface area (Å²) in [7, 11) is 1.74. The van der Waals surface area contributed by atoms with Crippen LogP contribution in [0.4, 0.5) is 13.2 Å². The van der Waals surface area contributed by atoms with Gasteiger partial charge in [-0.1, -0.05) is 6.07 Å². The molecule has 1 aliphatic rings. The highest BCUT2D eigenvalue weighted by Crippen LogP contribution is 2.34. The van der Waals surface area contributed by atoms with Gasteiger partial charge in [0.2, 0.25) is 0 Å². The Morgan fingerprint density at radius 3 is 2.71 bits per heavy atom. The largest absolute Gasteiger partial charge is 0.433 e. The van der Waals surface area contributed by atoms with Gasteiger partial charge in [-0.15, -0.1) is 0 Å². The lowest BCUT2D eigenvalue weighted by Crippen LogP contribution is -2.30. The first kappa shape index (κ1) is 12.3. The fourth-order valence-corrected chi connectivity index (χ4v) is 1.91. The normalized spacial score (nSPS) is 24.5. The Bertz CT molecular complexity index is 420. The van der Waals surface area contributed by atoms with Crippen molar-refractivity contribution in [2.24, 2.45) is 0 Å². The molecule has 6 heteroatoms. The molecule has 0 fully saturated rings. The van der Waals surface area contributed by atoms with Gasteiger partial charge < -0.3 is 10.1 Å². The molecule has 0 saturated carbocycles. The van der Waals surface area contributed by atoms with Gasteiger partial charge in [-0.2, -0.15) is 13.2 Å². The molecule has 0 bridgehead atoms. The van der Waals surface area contributed by atoms with Crippen LogP contribution in [0.1, 0.15) is 36.0 Å². The summed E-state index contributed by atoms with van der Waals surface area (Å²) >= 11 is 0. The van der Waals surface area contributed by atoms with Crippen molar-refractivity contribution in [3.05, 3.63) is 29.1 Å². The van der Waals surface area contributed by atoms with Gasteiger partial charge >= 0.3 is 6.18 Å². The van der Waals surface area contributed by atoms with Crippen molar-refractivity contribution in [2.75, 3.05) is 13.7 Å². The number of alkyl halides is 3. The minimum absolute atomic E-state index is 0.101. The molecule has 0 aliphatic carbocycles. The van der Waals surface area contributed by atoms with E-state index in [9.17, 15) is 13.2 Å². The number of hydrogen-bond acceptors (Lipinski definition) is 3.